The van der Waals surface area contributed by atoms with Crippen molar-refractivity contribution in [2.24, 2.45) is 0 Å². The van der Waals surface area contributed by atoms with E-state index in [4.69, 9.17) is 22.1 Å². The maximum atomic E-state index is 13.3. The predicted molar refractivity (Wildman–Crippen MR) is 76.9 cm³/mol. The second-order valence-corrected chi connectivity index (χ2v) is 4.68. The molecule has 2 N–H and O–H groups in total. The fourth-order valence-corrected chi connectivity index (χ4v) is 2.01. The number of ether oxygens (including phenoxy) is 1. The van der Waals surface area contributed by atoms with Crippen LogP contribution in [0.25, 0.3) is 0 Å². The maximum Gasteiger partial charge on any atom is 0.169 e. The number of Topliss-reactive ketones (excluding diaryl/α,β-unsaturated/α-hetero) is 1. The molecule has 0 aliphatic heterocycles. The summed E-state index contributed by atoms with van der Waals surface area (Å²) in [5, 5.41) is 0.0297. The molecule has 0 unspecified atom stereocenters. The summed E-state index contributed by atoms with van der Waals surface area (Å²) in [6, 6.07) is 9.26. The highest BCUT2D eigenvalue weighted by atomic mass is 35.5. The fourth-order valence-electron chi connectivity index (χ4n) is 1.90. The van der Waals surface area contributed by atoms with Gasteiger partial charge in [0.1, 0.15) is 11.6 Å². The van der Waals surface area contributed by atoms with E-state index in [-0.39, 0.29) is 22.9 Å². The lowest BCUT2D eigenvalue weighted by Crippen LogP contribution is -2.08. The maximum absolute atomic E-state index is 13.3. The van der Waals surface area contributed by atoms with Gasteiger partial charge in [0.15, 0.2) is 5.78 Å². The molecule has 0 amide bonds. The molecular formula is C15H13ClFNO2. The van der Waals surface area contributed by atoms with Gasteiger partial charge in [0.25, 0.3) is 0 Å². The second kappa shape index (κ2) is 5.92. The Kier molecular flexibility index (Phi) is 4.25. The van der Waals surface area contributed by atoms with E-state index in [1.165, 1.54) is 19.2 Å². The van der Waals surface area contributed by atoms with Gasteiger partial charge in [-0.1, -0.05) is 23.7 Å². The van der Waals surface area contributed by atoms with Crippen molar-refractivity contribution in [1.29, 1.82) is 0 Å². The number of para-hydroxylation sites is 1. The van der Waals surface area contributed by atoms with Crippen LogP contribution in [0.3, 0.4) is 0 Å². The molecule has 104 valence electrons. The van der Waals surface area contributed by atoms with Gasteiger partial charge in [-0.25, -0.2) is 4.39 Å². The topological polar surface area (TPSA) is 52.3 Å². The molecule has 0 fully saturated rings. The lowest BCUT2D eigenvalue weighted by molar-refractivity contribution is 0.0993. The molecule has 0 bridgehead atoms. The number of methoxy groups -OCH3 is 1. The largest absolute Gasteiger partial charge is 0.495 e. The average Bonchev–Trinajstić information content (AvgIpc) is 2.43. The Morgan fingerprint density at radius 2 is 2.10 bits per heavy atom. The van der Waals surface area contributed by atoms with Gasteiger partial charge >= 0.3 is 0 Å². The molecule has 0 heterocycles. The highest BCUT2D eigenvalue weighted by molar-refractivity contribution is 6.30. The summed E-state index contributed by atoms with van der Waals surface area (Å²) in [6.07, 6.45) is 0.0471. The van der Waals surface area contributed by atoms with Crippen LogP contribution in [0, 0.1) is 5.82 Å². The molecule has 3 nitrogen and oxygen atoms in total. The summed E-state index contributed by atoms with van der Waals surface area (Å²) in [5.41, 5.74) is 7.05. The lowest BCUT2D eigenvalue weighted by atomic mass is 10.0. The van der Waals surface area contributed by atoms with Crippen molar-refractivity contribution in [3.05, 3.63) is 58.4 Å². The van der Waals surface area contributed by atoms with E-state index in [1.54, 1.807) is 24.3 Å². The minimum Gasteiger partial charge on any atom is -0.495 e. The molecule has 20 heavy (non-hydrogen) atoms. The van der Waals surface area contributed by atoms with Gasteiger partial charge in [0.05, 0.1) is 17.8 Å². The number of nitrogens with two attached hydrogens (primary N) is 1. The Labute approximate surface area is 121 Å². The SMILES string of the molecule is COc1cccc(C(=O)Cc2ccc(Cl)c(F)c2)c1N. The Morgan fingerprint density at radius 1 is 1.35 bits per heavy atom. The van der Waals surface area contributed by atoms with Crippen LogP contribution >= 0.6 is 11.6 Å². The van der Waals surface area contributed by atoms with Crippen LogP contribution in [0.2, 0.25) is 5.02 Å². The Morgan fingerprint density at radius 3 is 2.75 bits per heavy atom. The van der Waals surface area contributed by atoms with Gasteiger partial charge in [-0.3, -0.25) is 4.79 Å². The van der Waals surface area contributed by atoms with Crippen LogP contribution in [-0.2, 0) is 6.42 Å². The number of carbonyl (C=O) groups excluding carboxylic acids is 1. The van der Waals surface area contributed by atoms with Crippen LogP contribution < -0.4 is 10.5 Å². The van der Waals surface area contributed by atoms with E-state index in [0.29, 0.717) is 16.9 Å². The number of anilines is 1. The van der Waals surface area contributed by atoms with Crippen molar-refractivity contribution < 1.29 is 13.9 Å². The first kappa shape index (κ1) is 14.3. The molecule has 0 radical (unpaired) electrons. The summed E-state index contributed by atoms with van der Waals surface area (Å²) in [7, 11) is 1.48. The summed E-state index contributed by atoms with van der Waals surface area (Å²) in [6.45, 7) is 0. The van der Waals surface area contributed by atoms with E-state index in [2.05, 4.69) is 0 Å². The Bertz CT molecular complexity index is 658. The van der Waals surface area contributed by atoms with Gasteiger partial charge < -0.3 is 10.5 Å². The Balaban J connectivity index is 2.26. The number of halogens is 2. The van der Waals surface area contributed by atoms with E-state index in [1.807, 2.05) is 0 Å². The van der Waals surface area contributed by atoms with Crippen LogP contribution in [0.5, 0.6) is 5.75 Å². The van der Waals surface area contributed by atoms with Crippen LogP contribution in [0.1, 0.15) is 15.9 Å². The van der Waals surface area contributed by atoms with Gasteiger partial charge in [-0.15, -0.1) is 0 Å². The quantitative estimate of drug-likeness (QED) is 0.693. The second-order valence-electron chi connectivity index (χ2n) is 4.27. The summed E-state index contributed by atoms with van der Waals surface area (Å²) in [5.74, 6) is -0.308. The van der Waals surface area contributed by atoms with E-state index in [0.717, 1.165) is 0 Å². The fraction of sp³-hybridized carbons (Fsp3) is 0.133. The first-order chi connectivity index (χ1) is 9.52. The minimum absolute atomic E-state index is 0.0297. The third kappa shape index (κ3) is 2.91. The molecule has 0 aliphatic carbocycles. The van der Waals surface area contributed by atoms with Crippen molar-refractivity contribution in [3.8, 4) is 5.75 Å². The zero-order chi connectivity index (χ0) is 14.7. The van der Waals surface area contributed by atoms with E-state index < -0.39 is 5.82 Å². The first-order valence-corrected chi connectivity index (χ1v) is 6.30. The molecule has 2 aromatic carbocycles. The summed E-state index contributed by atoms with van der Waals surface area (Å²) < 4.78 is 18.4. The van der Waals surface area contributed by atoms with Crippen molar-refractivity contribution in [2.75, 3.05) is 12.8 Å². The van der Waals surface area contributed by atoms with Gasteiger partial charge in [0, 0.05) is 12.0 Å². The van der Waals surface area contributed by atoms with Crippen molar-refractivity contribution >= 4 is 23.1 Å². The standard InChI is InChI=1S/C15H13ClFNO2/c1-20-14-4-2-3-10(15(14)18)13(19)8-9-5-6-11(16)12(17)7-9/h2-7H,8,18H2,1H3. The van der Waals surface area contributed by atoms with Crippen molar-refractivity contribution in [1.82, 2.24) is 0 Å². The van der Waals surface area contributed by atoms with Crippen molar-refractivity contribution in [2.45, 2.75) is 6.42 Å². The molecule has 0 aromatic heterocycles. The smallest absolute Gasteiger partial charge is 0.169 e. The lowest BCUT2D eigenvalue weighted by Gasteiger charge is -2.09. The van der Waals surface area contributed by atoms with Crippen molar-refractivity contribution in [3.63, 3.8) is 0 Å². The summed E-state index contributed by atoms with van der Waals surface area (Å²) in [4.78, 5) is 12.2. The third-order valence-corrected chi connectivity index (χ3v) is 3.24. The number of ketones is 1. The number of carbonyl (C=O) groups is 1. The predicted octanol–water partition coefficient (Wildman–Crippen LogP) is 3.50. The first-order valence-electron chi connectivity index (χ1n) is 5.92. The monoisotopic (exact) mass is 293 g/mol. The van der Waals surface area contributed by atoms with Gasteiger partial charge in [-0.05, 0) is 29.8 Å². The van der Waals surface area contributed by atoms with E-state index in [9.17, 15) is 9.18 Å². The molecule has 2 rings (SSSR count). The molecule has 0 aliphatic rings. The van der Waals surface area contributed by atoms with E-state index >= 15 is 0 Å². The van der Waals surface area contributed by atoms with Gasteiger partial charge in [0.2, 0.25) is 0 Å². The highest BCUT2D eigenvalue weighted by Crippen LogP contribution is 2.26. The molecule has 5 heteroatoms. The highest BCUT2D eigenvalue weighted by Gasteiger charge is 2.14. The minimum atomic E-state index is -0.546. The molecular weight excluding hydrogens is 281 g/mol. The Hall–Kier alpha value is -2.07. The number of hydrogen-bond acceptors (Lipinski definition) is 3. The zero-order valence-electron chi connectivity index (χ0n) is 10.8. The van der Waals surface area contributed by atoms with Gasteiger partial charge in [-0.2, -0.15) is 0 Å². The van der Waals surface area contributed by atoms with Crippen LogP contribution in [0.15, 0.2) is 36.4 Å². The molecule has 2 aromatic rings. The normalized spacial score (nSPS) is 10.3. The number of nitrogen functional groups attached to an aromatic ring is 1. The summed E-state index contributed by atoms with van der Waals surface area (Å²) >= 11 is 5.60. The average molecular weight is 294 g/mol. The molecule has 0 saturated heterocycles. The molecule has 0 atom stereocenters. The van der Waals surface area contributed by atoms with Crippen LogP contribution in [0.4, 0.5) is 10.1 Å². The third-order valence-electron chi connectivity index (χ3n) is 2.94. The number of rotatable bonds is 4. The van der Waals surface area contributed by atoms with Crippen LogP contribution in [-0.4, -0.2) is 12.9 Å². The number of hydrogen-bond donors (Lipinski definition) is 1. The number of benzene rings is 2. The zero-order valence-corrected chi connectivity index (χ0v) is 11.6. The molecule has 0 spiro atoms. The molecule has 0 saturated carbocycles.